The topological polar surface area (TPSA) is 71.4 Å². The van der Waals surface area contributed by atoms with E-state index in [0.717, 1.165) is 0 Å². The normalized spacial score (nSPS) is 10.4. The van der Waals surface area contributed by atoms with Crippen molar-refractivity contribution in [2.24, 2.45) is 0 Å². The van der Waals surface area contributed by atoms with Gasteiger partial charge in [-0.2, -0.15) is 0 Å². The Morgan fingerprint density at radius 1 is 0.571 bits per heavy atom. The van der Waals surface area contributed by atoms with Crippen molar-refractivity contribution >= 4 is 17.3 Å². The van der Waals surface area contributed by atoms with Crippen molar-refractivity contribution in [1.29, 1.82) is 0 Å². The van der Waals surface area contributed by atoms with Gasteiger partial charge in [0.15, 0.2) is 5.78 Å². The summed E-state index contributed by atoms with van der Waals surface area (Å²) in [6.07, 6.45) is 0. The number of aliphatic hydroxyl groups is 1. The van der Waals surface area contributed by atoms with E-state index in [-0.39, 0.29) is 5.78 Å². The van der Waals surface area contributed by atoms with Gasteiger partial charge in [0, 0.05) is 16.7 Å². The molecule has 0 aliphatic carbocycles. The zero-order valence-corrected chi connectivity index (χ0v) is 15.8. The fraction of sp³-hybridized carbons (Fsp3) is 0.125. The third-order valence-corrected chi connectivity index (χ3v) is 3.87. The molecule has 142 valence electrons. The van der Waals surface area contributed by atoms with Crippen molar-refractivity contribution in [1.82, 2.24) is 0 Å². The minimum atomic E-state index is -1.28. The summed E-state index contributed by atoms with van der Waals surface area (Å²) in [6.45, 7) is 2.98. The number of carbonyl (C=O) groups excluding carboxylic acids is 3. The van der Waals surface area contributed by atoms with E-state index in [1.807, 2.05) is 18.2 Å². The Morgan fingerprint density at radius 2 is 0.857 bits per heavy atom. The predicted molar refractivity (Wildman–Crippen MR) is 109 cm³/mol. The highest BCUT2D eigenvalue weighted by molar-refractivity contribution is 6.49. The van der Waals surface area contributed by atoms with Gasteiger partial charge in [-0.1, -0.05) is 91.0 Å². The molecule has 3 rings (SSSR count). The van der Waals surface area contributed by atoms with Gasteiger partial charge in [-0.3, -0.25) is 14.4 Å². The molecule has 1 N–H and O–H groups in total. The number of hydrogen-bond donors (Lipinski definition) is 1. The monoisotopic (exact) mass is 374 g/mol. The molecular weight excluding hydrogens is 352 g/mol. The zero-order valence-electron chi connectivity index (χ0n) is 15.8. The molecule has 0 aliphatic heterocycles. The first-order chi connectivity index (χ1) is 13.3. The zero-order chi connectivity index (χ0) is 20.6. The lowest BCUT2D eigenvalue weighted by Gasteiger charge is -2.14. The lowest BCUT2D eigenvalue weighted by Crippen LogP contribution is -2.30. The summed E-state index contributed by atoms with van der Waals surface area (Å²) < 4.78 is 0. The summed E-state index contributed by atoms with van der Waals surface area (Å²) in [5.74, 6) is -1.18. The lowest BCUT2D eigenvalue weighted by atomic mass is 9.97. The van der Waals surface area contributed by atoms with E-state index >= 15 is 0 Å². The van der Waals surface area contributed by atoms with Crippen LogP contribution in [-0.2, 0) is 0 Å². The molecule has 0 bridgehead atoms. The average molecular weight is 374 g/mol. The second-order valence-electron chi connectivity index (χ2n) is 6.64. The van der Waals surface area contributed by atoms with Gasteiger partial charge in [-0.05, 0) is 13.8 Å². The molecule has 3 aromatic rings. The number of carbonyl (C=O) groups is 3. The first-order valence-corrected chi connectivity index (χ1v) is 8.82. The number of rotatable bonds is 5. The van der Waals surface area contributed by atoms with Crippen LogP contribution in [0.5, 0.6) is 0 Å². The SMILES string of the molecule is CC(C)(O)C(=O)c1ccccc1.O=C(C(=O)c1ccccc1)c1ccccc1. The number of ketones is 3. The van der Waals surface area contributed by atoms with Gasteiger partial charge in [0.2, 0.25) is 11.6 Å². The summed E-state index contributed by atoms with van der Waals surface area (Å²) in [5.41, 5.74) is 0.124. The van der Waals surface area contributed by atoms with Gasteiger partial charge in [0.1, 0.15) is 5.60 Å². The third-order valence-electron chi connectivity index (χ3n) is 3.87. The Kier molecular flexibility index (Phi) is 7.13. The van der Waals surface area contributed by atoms with Crippen LogP contribution < -0.4 is 0 Å². The molecular formula is C24H22O4. The highest BCUT2D eigenvalue weighted by atomic mass is 16.3. The molecule has 4 heteroatoms. The Bertz CT molecular complexity index is 875. The Morgan fingerprint density at radius 3 is 1.14 bits per heavy atom. The number of benzene rings is 3. The summed E-state index contributed by atoms with van der Waals surface area (Å²) in [6, 6.07) is 25.9. The molecule has 28 heavy (non-hydrogen) atoms. The molecule has 0 saturated carbocycles. The van der Waals surface area contributed by atoms with E-state index in [0.29, 0.717) is 16.7 Å². The summed E-state index contributed by atoms with van der Waals surface area (Å²) in [4.78, 5) is 35.0. The Hall–Kier alpha value is -3.37. The van der Waals surface area contributed by atoms with Gasteiger partial charge >= 0.3 is 0 Å². The molecule has 0 spiro atoms. The largest absolute Gasteiger partial charge is 0.382 e. The summed E-state index contributed by atoms with van der Waals surface area (Å²) in [5, 5.41) is 9.39. The number of Topliss-reactive ketones (excluding diaryl/α,β-unsaturated/α-hetero) is 3. The molecule has 0 atom stereocenters. The number of hydrogen-bond acceptors (Lipinski definition) is 4. The van der Waals surface area contributed by atoms with Crippen molar-refractivity contribution in [3.63, 3.8) is 0 Å². The van der Waals surface area contributed by atoms with Crippen LogP contribution in [0.4, 0.5) is 0 Å². The molecule has 0 unspecified atom stereocenters. The summed E-state index contributed by atoms with van der Waals surface area (Å²) in [7, 11) is 0. The quantitative estimate of drug-likeness (QED) is 0.531. The lowest BCUT2D eigenvalue weighted by molar-refractivity contribution is 0.0488. The van der Waals surface area contributed by atoms with Crippen LogP contribution in [0.25, 0.3) is 0 Å². The van der Waals surface area contributed by atoms with Crippen LogP contribution in [0.15, 0.2) is 91.0 Å². The average Bonchev–Trinajstić information content (AvgIpc) is 2.74. The van der Waals surface area contributed by atoms with Crippen molar-refractivity contribution in [2.45, 2.75) is 19.4 Å². The van der Waals surface area contributed by atoms with Crippen LogP contribution in [0.2, 0.25) is 0 Å². The fourth-order valence-electron chi connectivity index (χ4n) is 2.38. The van der Waals surface area contributed by atoms with Crippen molar-refractivity contribution in [3.05, 3.63) is 108 Å². The second-order valence-corrected chi connectivity index (χ2v) is 6.64. The predicted octanol–water partition coefficient (Wildman–Crippen LogP) is 4.39. The Balaban J connectivity index is 0.000000209. The van der Waals surface area contributed by atoms with E-state index in [1.165, 1.54) is 13.8 Å². The van der Waals surface area contributed by atoms with Gasteiger partial charge < -0.3 is 5.11 Å². The molecule has 0 fully saturated rings. The van der Waals surface area contributed by atoms with Crippen LogP contribution in [0.3, 0.4) is 0 Å². The van der Waals surface area contributed by atoms with E-state index in [4.69, 9.17) is 0 Å². The van der Waals surface area contributed by atoms with Gasteiger partial charge in [0.05, 0.1) is 0 Å². The van der Waals surface area contributed by atoms with Crippen LogP contribution in [0.1, 0.15) is 44.9 Å². The highest BCUT2D eigenvalue weighted by Crippen LogP contribution is 2.11. The minimum Gasteiger partial charge on any atom is -0.382 e. The molecule has 0 aromatic heterocycles. The highest BCUT2D eigenvalue weighted by Gasteiger charge is 2.24. The smallest absolute Gasteiger partial charge is 0.233 e. The van der Waals surface area contributed by atoms with E-state index < -0.39 is 17.2 Å². The molecule has 0 radical (unpaired) electrons. The minimum absolute atomic E-state index is 0.247. The van der Waals surface area contributed by atoms with Crippen molar-refractivity contribution in [3.8, 4) is 0 Å². The van der Waals surface area contributed by atoms with Crippen LogP contribution >= 0.6 is 0 Å². The first-order valence-electron chi connectivity index (χ1n) is 8.82. The van der Waals surface area contributed by atoms with E-state index in [9.17, 15) is 19.5 Å². The summed E-state index contributed by atoms with van der Waals surface area (Å²) >= 11 is 0. The third kappa shape index (κ3) is 5.83. The Labute approximate surface area is 164 Å². The van der Waals surface area contributed by atoms with Gasteiger partial charge in [-0.15, -0.1) is 0 Å². The maximum absolute atomic E-state index is 11.8. The second kappa shape index (κ2) is 9.53. The molecule has 0 saturated heterocycles. The van der Waals surface area contributed by atoms with Crippen molar-refractivity contribution < 1.29 is 19.5 Å². The van der Waals surface area contributed by atoms with E-state index in [2.05, 4.69) is 0 Å². The molecule has 3 aromatic carbocycles. The van der Waals surface area contributed by atoms with Crippen molar-refractivity contribution in [2.75, 3.05) is 0 Å². The van der Waals surface area contributed by atoms with Crippen LogP contribution in [-0.4, -0.2) is 28.1 Å². The molecule has 0 heterocycles. The molecule has 0 aliphatic rings. The molecule has 0 amide bonds. The standard InChI is InChI=1S/C14H10O2.C10H12O2/c15-13(11-7-3-1-4-8-11)14(16)12-9-5-2-6-10-12;1-10(2,12)9(11)8-6-4-3-5-7-8/h1-10H;3-7,12H,1-2H3. The van der Waals surface area contributed by atoms with Gasteiger partial charge in [-0.25, -0.2) is 0 Å². The fourth-order valence-corrected chi connectivity index (χ4v) is 2.38. The first kappa shape index (κ1) is 20.9. The van der Waals surface area contributed by atoms with Crippen LogP contribution in [0, 0.1) is 0 Å². The maximum Gasteiger partial charge on any atom is 0.233 e. The maximum atomic E-state index is 11.8. The molecule has 4 nitrogen and oxygen atoms in total. The van der Waals surface area contributed by atoms with E-state index in [1.54, 1.807) is 72.8 Å². The van der Waals surface area contributed by atoms with Gasteiger partial charge in [0.25, 0.3) is 0 Å².